The van der Waals surface area contributed by atoms with Gasteiger partial charge in [0.25, 0.3) is 5.91 Å². The summed E-state index contributed by atoms with van der Waals surface area (Å²) in [7, 11) is 0. The third-order valence-corrected chi connectivity index (χ3v) is 2.90. The van der Waals surface area contributed by atoms with Crippen LogP contribution in [0.3, 0.4) is 0 Å². The van der Waals surface area contributed by atoms with Crippen LogP contribution < -0.4 is 10.6 Å². The molecule has 20 heavy (non-hydrogen) atoms. The Labute approximate surface area is 117 Å². The minimum atomic E-state index is -0.241. The fourth-order valence-corrected chi connectivity index (χ4v) is 1.88. The van der Waals surface area contributed by atoms with Gasteiger partial charge in [0.1, 0.15) is 11.8 Å². The second kappa shape index (κ2) is 5.85. The van der Waals surface area contributed by atoms with Crippen molar-refractivity contribution in [1.82, 2.24) is 4.98 Å². The van der Waals surface area contributed by atoms with Gasteiger partial charge in [0.2, 0.25) is 0 Å². The van der Waals surface area contributed by atoms with Crippen LogP contribution >= 0.6 is 0 Å². The Balaban J connectivity index is 2.34. The van der Waals surface area contributed by atoms with Crippen LogP contribution in [0.5, 0.6) is 0 Å². The van der Waals surface area contributed by atoms with Crippen LogP contribution in [-0.4, -0.2) is 17.4 Å². The van der Waals surface area contributed by atoms with E-state index in [2.05, 4.69) is 4.98 Å². The largest absolute Gasteiger partial charge is 0.397 e. The van der Waals surface area contributed by atoms with Crippen LogP contribution in [0.25, 0.3) is 0 Å². The monoisotopic (exact) mass is 266 g/mol. The fourth-order valence-electron chi connectivity index (χ4n) is 1.88. The van der Waals surface area contributed by atoms with E-state index in [9.17, 15) is 4.79 Å². The molecule has 0 atom stereocenters. The third-order valence-electron chi connectivity index (χ3n) is 2.90. The van der Waals surface area contributed by atoms with Crippen molar-refractivity contribution in [3.63, 3.8) is 0 Å². The highest BCUT2D eigenvalue weighted by Gasteiger charge is 2.18. The van der Waals surface area contributed by atoms with Gasteiger partial charge in [-0.05, 0) is 31.2 Å². The number of nitriles is 1. The molecule has 0 saturated heterocycles. The highest BCUT2D eigenvalue weighted by atomic mass is 16.2. The van der Waals surface area contributed by atoms with Gasteiger partial charge in [-0.1, -0.05) is 12.1 Å². The summed E-state index contributed by atoms with van der Waals surface area (Å²) < 4.78 is 0. The average Bonchev–Trinajstić information content (AvgIpc) is 2.50. The molecule has 2 rings (SSSR count). The van der Waals surface area contributed by atoms with E-state index in [4.69, 9.17) is 11.0 Å². The van der Waals surface area contributed by atoms with Crippen LogP contribution in [0.15, 0.2) is 42.6 Å². The number of pyridine rings is 1. The number of nitrogen functional groups attached to an aromatic ring is 1. The maximum atomic E-state index is 12.5. The molecule has 2 aromatic rings. The molecule has 0 unspecified atom stereocenters. The highest BCUT2D eigenvalue weighted by Crippen LogP contribution is 2.23. The molecule has 0 saturated carbocycles. The Morgan fingerprint density at radius 3 is 2.65 bits per heavy atom. The first-order valence-electron chi connectivity index (χ1n) is 6.20. The molecule has 5 heteroatoms. The zero-order chi connectivity index (χ0) is 14.5. The minimum Gasteiger partial charge on any atom is -0.397 e. The zero-order valence-electron chi connectivity index (χ0n) is 11.1. The molecular formula is C15H14N4O. The van der Waals surface area contributed by atoms with Crippen LogP contribution in [-0.2, 0) is 0 Å². The van der Waals surface area contributed by atoms with Gasteiger partial charge in [0.15, 0.2) is 0 Å². The van der Waals surface area contributed by atoms with E-state index in [1.54, 1.807) is 29.2 Å². The Morgan fingerprint density at radius 2 is 2.10 bits per heavy atom. The molecule has 1 aromatic carbocycles. The molecule has 0 aliphatic rings. The molecule has 0 aliphatic heterocycles. The van der Waals surface area contributed by atoms with E-state index in [0.717, 1.165) is 0 Å². The van der Waals surface area contributed by atoms with Crippen molar-refractivity contribution < 1.29 is 4.79 Å². The molecular weight excluding hydrogens is 252 g/mol. The number of nitrogens with two attached hydrogens (primary N) is 1. The number of anilines is 2. The Bertz CT molecular complexity index is 658. The number of rotatable bonds is 3. The maximum absolute atomic E-state index is 12.5. The minimum absolute atomic E-state index is 0.241. The van der Waals surface area contributed by atoms with Crippen molar-refractivity contribution >= 4 is 17.3 Å². The van der Waals surface area contributed by atoms with Gasteiger partial charge in [0, 0.05) is 12.7 Å². The molecule has 1 amide bonds. The quantitative estimate of drug-likeness (QED) is 0.863. The van der Waals surface area contributed by atoms with Gasteiger partial charge in [-0.25, -0.2) is 4.98 Å². The number of benzene rings is 1. The van der Waals surface area contributed by atoms with Crippen LogP contribution in [0, 0.1) is 11.3 Å². The molecule has 1 heterocycles. The lowest BCUT2D eigenvalue weighted by Gasteiger charge is -2.22. The zero-order valence-corrected chi connectivity index (χ0v) is 11.1. The summed E-state index contributed by atoms with van der Waals surface area (Å²) in [5, 5.41) is 8.73. The van der Waals surface area contributed by atoms with Gasteiger partial charge in [-0.15, -0.1) is 0 Å². The van der Waals surface area contributed by atoms with Gasteiger partial charge in [0.05, 0.1) is 16.9 Å². The standard InChI is InChI=1S/C15H14N4O/c1-2-19(14-6-4-3-5-12(14)17)15(20)13-8-7-11(9-16)10-18-13/h3-8,10H,2,17H2,1H3. The summed E-state index contributed by atoms with van der Waals surface area (Å²) >= 11 is 0. The summed E-state index contributed by atoms with van der Waals surface area (Å²) in [6.45, 7) is 2.35. The number of aromatic nitrogens is 1. The third kappa shape index (κ3) is 2.59. The summed E-state index contributed by atoms with van der Waals surface area (Å²) in [5.74, 6) is -0.241. The number of carbonyl (C=O) groups excluding carboxylic acids is 1. The molecule has 0 aliphatic carbocycles. The molecule has 0 fully saturated rings. The summed E-state index contributed by atoms with van der Waals surface area (Å²) in [5.41, 5.74) is 7.80. The van der Waals surface area contributed by atoms with Crippen LogP contribution in [0.1, 0.15) is 23.0 Å². The molecule has 0 spiro atoms. The lowest BCUT2D eigenvalue weighted by atomic mass is 10.2. The fraction of sp³-hybridized carbons (Fsp3) is 0.133. The lowest BCUT2D eigenvalue weighted by Crippen LogP contribution is -2.31. The Kier molecular flexibility index (Phi) is 3.96. The number of para-hydroxylation sites is 2. The molecule has 5 nitrogen and oxygen atoms in total. The number of hydrogen-bond acceptors (Lipinski definition) is 4. The van der Waals surface area contributed by atoms with E-state index < -0.39 is 0 Å². The normalized spacial score (nSPS) is 9.80. The summed E-state index contributed by atoms with van der Waals surface area (Å²) in [4.78, 5) is 18.0. The molecule has 100 valence electrons. The van der Waals surface area contributed by atoms with Crippen LogP contribution in [0.4, 0.5) is 11.4 Å². The second-order valence-electron chi connectivity index (χ2n) is 4.15. The van der Waals surface area contributed by atoms with Crippen molar-refractivity contribution in [3.8, 4) is 6.07 Å². The van der Waals surface area contributed by atoms with Gasteiger partial charge >= 0.3 is 0 Å². The number of carbonyl (C=O) groups is 1. The van der Waals surface area contributed by atoms with Crippen molar-refractivity contribution in [3.05, 3.63) is 53.9 Å². The van der Waals surface area contributed by atoms with Crippen molar-refractivity contribution in [1.29, 1.82) is 5.26 Å². The first kappa shape index (κ1) is 13.6. The van der Waals surface area contributed by atoms with Crippen LogP contribution in [0.2, 0.25) is 0 Å². The van der Waals surface area contributed by atoms with Crippen molar-refractivity contribution in [2.24, 2.45) is 0 Å². The number of amides is 1. The van der Waals surface area contributed by atoms with E-state index in [-0.39, 0.29) is 11.6 Å². The summed E-state index contributed by atoms with van der Waals surface area (Å²) in [6.07, 6.45) is 1.38. The lowest BCUT2D eigenvalue weighted by molar-refractivity contribution is 0.0983. The topological polar surface area (TPSA) is 83.0 Å². The van der Waals surface area contributed by atoms with Gasteiger partial charge < -0.3 is 10.6 Å². The smallest absolute Gasteiger partial charge is 0.276 e. The predicted molar refractivity (Wildman–Crippen MR) is 77.2 cm³/mol. The van der Waals surface area contributed by atoms with Crippen molar-refractivity contribution in [2.45, 2.75) is 6.92 Å². The second-order valence-corrected chi connectivity index (χ2v) is 4.15. The first-order valence-corrected chi connectivity index (χ1v) is 6.20. The predicted octanol–water partition coefficient (Wildman–Crippen LogP) is 2.20. The first-order chi connectivity index (χ1) is 9.67. The Hall–Kier alpha value is -2.87. The molecule has 0 bridgehead atoms. The summed E-state index contributed by atoms with van der Waals surface area (Å²) in [6, 6.07) is 12.3. The number of nitrogens with zero attached hydrogens (tertiary/aromatic N) is 3. The van der Waals surface area contributed by atoms with E-state index in [1.165, 1.54) is 6.20 Å². The SMILES string of the molecule is CCN(C(=O)c1ccc(C#N)cn1)c1ccccc1N. The molecule has 0 radical (unpaired) electrons. The van der Waals surface area contributed by atoms with E-state index in [0.29, 0.717) is 23.5 Å². The molecule has 1 aromatic heterocycles. The van der Waals surface area contributed by atoms with Gasteiger partial charge in [-0.3, -0.25) is 4.79 Å². The number of hydrogen-bond donors (Lipinski definition) is 1. The average molecular weight is 266 g/mol. The van der Waals surface area contributed by atoms with Gasteiger partial charge in [-0.2, -0.15) is 5.26 Å². The highest BCUT2D eigenvalue weighted by molar-refractivity contribution is 6.06. The molecule has 2 N–H and O–H groups in total. The maximum Gasteiger partial charge on any atom is 0.276 e. The van der Waals surface area contributed by atoms with Crippen molar-refractivity contribution in [2.75, 3.05) is 17.2 Å². The van der Waals surface area contributed by atoms with E-state index >= 15 is 0 Å². The Morgan fingerprint density at radius 1 is 1.35 bits per heavy atom. The van der Waals surface area contributed by atoms with E-state index in [1.807, 2.05) is 25.1 Å².